The average molecular weight is 444 g/mol. The Kier molecular flexibility index (Phi) is 5.87. The number of methoxy groups -OCH3 is 2. The zero-order valence-corrected chi connectivity index (χ0v) is 18.8. The molecule has 1 unspecified atom stereocenters. The minimum absolute atomic E-state index is 0.0536. The van der Waals surface area contributed by atoms with Gasteiger partial charge in [0.2, 0.25) is 0 Å². The molecule has 1 aliphatic rings. The van der Waals surface area contributed by atoms with Gasteiger partial charge in [0, 0.05) is 18.0 Å². The van der Waals surface area contributed by atoms with Crippen LogP contribution in [0.3, 0.4) is 0 Å². The SMILES string of the molecule is COc1ccc(/C(O)=C2/C(=O)C(=O)N(c3ccc(C)cc3C)C2c2ccccn2)c(OC)c1. The standard InChI is InChI=1S/C26H24N2O5/c1-15-8-11-20(16(2)13-15)28-23(19-7-5-6-12-27-19)22(25(30)26(28)31)24(29)18-10-9-17(32-3)14-21(18)33-4/h5-14,23,29H,1-4H3/b24-22-. The molecule has 1 amide bonds. The van der Waals surface area contributed by atoms with Crippen molar-refractivity contribution >= 4 is 23.1 Å². The molecule has 0 bridgehead atoms. The van der Waals surface area contributed by atoms with Gasteiger partial charge in [-0.2, -0.15) is 0 Å². The Labute approximate surface area is 191 Å². The molecule has 1 atom stereocenters. The van der Waals surface area contributed by atoms with Crippen molar-refractivity contribution in [2.45, 2.75) is 19.9 Å². The first kappa shape index (κ1) is 22.1. The molecule has 3 aromatic rings. The lowest BCUT2D eigenvalue weighted by Gasteiger charge is -2.26. The van der Waals surface area contributed by atoms with Crippen molar-refractivity contribution in [3.05, 3.63) is 88.8 Å². The number of aryl methyl sites for hydroxylation is 2. The van der Waals surface area contributed by atoms with Crippen molar-refractivity contribution in [3.8, 4) is 11.5 Å². The third-order valence-electron chi connectivity index (χ3n) is 5.69. The fourth-order valence-corrected chi connectivity index (χ4v) is 4.11. The Balaban J connectivity index is 1.97. The summed E-state index contributed by atoms with van der Waals surface area (Å²) in [5.74, 6) is -1.02. The number of Topliss-reactive ketones (excluding diaryl/α,β-unsaturated/α-hetero) is 1. The number of benzene rings is 2. The molecule has 1 N–H and O–H groups in total. The lowest BCUT2D eigenvalue weighted by Crippen LogP contribution is -2.30. The molecule has 2 heterocycles. The number of aliphatic hydroxyl groups is 1. The maximum atomic E-state index is 13.3. The molecule has 0 aliphatic carbocycles. The lowest BCUT2D eigenvalue weighted by atomic mass is 9.97. The summed E-state index contributed by atoms with van der Waals surface area (Å²) in [6.07, 6.45) is 1.59. The van der Waals surface area contributed by atoms with Crippen LogP contribution in [0.1, 0.15) is 28.4 Å². The average Bonchev–Trinajstić information content (AvgIpc) is 3.09. The number of carbonyl (C=O) groups is 2. The summed E-state index contributed by atoms with van der Waals surface area (Å²) in [6.45, 7) is 3.83. The number of carbonyl (C=O) groups excluding carboxylic acids is 2. The van der Waals surface area contributed by atoms with Crippen LogP contribution < -0.4 is 14.4 Å². The van der Waals surface area contributed by atoms with Gasteiger partial charge in [-0.15, -0.1) is 0 Å². The molecule has 1 aromatic heterocycles. The molecule has 1 aliphatic heterocycles. The van der Waals surface area contributed by atoms with Crippen molar-refractivity contribution in [1.82, 2.24) is 4.98 Å². The van der Waals surface area contributed by atoms with Gasteiger partial charge < -0.3 is 14.6 Å². The van der Waals surface area contributed by atoms with Gasteiger partial charge in [0.05, 0.1) is 31.1 Å². The number of amides is 1. The maximum absolute atomic E-state index is 13.3. The number of aromatic nitrogens is 1. The predicted octanol–water partition coefficient (Wildman–Crippen LogP) is 4.34. The summed E-state index contributed by atoms with van der Waals surface area (Å²) in [7, 11) is 2.97. The maximum Gasteiger partial charge on any atom is 0.300 e. The zero-order chi connectivity index (χ0) is 23.7. The highest BCUT2D eigenvalue weighted by Crippen LogP contribution is 2.43. The van der Waals surface area contributed by atoms with E-state index in [1.165, 1.54) is 19.1 Å². The molecule has 33 heavy (non-hydrogen) atoms. The van der Waals surface area contributed by atoms with Gasteiger partial charge in [0.1, 0.15) is 23.3 Å². The summed E-state index contributed by atoms with van der Waals surface area (Å²) in [5.41, 5.74) is 3.13. The van der Waals surface area contributed by atoms with Crippen LogP contribution in [0, 0.1) is 13.8 Å². The normalized spacial score (nSPS) is 17.3. The van der Waals surface area contributed by atoms with Gasteiger partial charge in [0.25, 0.3) is 11.7 Å². The van der Waals surface area contributed by atoms with E-state index in [1.54, 1.807) is 48.7 Å². The van der Waals surface area contributed by atoms with Gasteiger partial charge in [-0.05, 0) is 49.7 Å². The summed E-state index contributed by atoms with van der Waals surface area (Å²) < 4.78 is 10.6. The highest BCUT2D eigenvalue weighted by atomic mass is 16.5. The number of hydrogen-bond acceptors (Lipinski definition) is 6. The molecular weight excluding hydrogens is 420 g/mol. The highest BCUT2D eigenvalue weighted by Gasteiger charge is 2.48. The summed E-state index contributed by atoms with van der Waals surface area (Å²) in [5, 5.41) is 11.3. The number of hydrogen-bond donors (Lipinski definition) is 1. The van der Waals surface area contributed by atoms with Crippen molar-refractivity contribution in [2.24, 2.45) is 0 Å². The molecule has 4 rings (SSSR count). The Bertz CT molecular complexity index is 1270. The number of ketones is 1. The van der Waals surface area contributed by atoms with Gasteiger partial charge in [-0.1, -0.05) is 23.8 Å². The van der Waals surface area contributed by atoms with Gasteiger partial charge in [-0.25, -0.2) is 0 Å². The number of aliphatic hydroxyl groups excluding tert-OH is 1. The van der Waals surface area contributed by atoms with Crippen LogP contribution in [-0.4, -0.2) is 36.0 Å². The number of rotatable bonds is 5. The number of nitrogens with zero attached hydrogens (tertiary/aromatic N) is 2. The minimum Gasteiger partial charge on any atom is -0.507 e. The minimum atomic E-state index is -0.903. The van der Waals surface area contributed by atoms with Gasteiger partial charge in [0.15, 0.2) is 0 Å². The molecule has 168 valence electrons. The Morgan fingerprint density at radius 3 is 2.42 bits per heavy atom. The molecular formula is C26H24N2O5. The van der Waals surface area contributed by atoms with E-state index < -0.39 is 17.7 Å². The van der Waals surface area contributed by atoms with Crippen LogP contribution >= 0.6 is 0 Å². The summed E-state index contributed by atoms with van der Waals surface area (Å²) in [4.78, 5) is 32.4. The first-order valence-electron chi connectivity index (χ1n) is 10.4. The smallest absolute Gasteiger partial charge is 0.300 e. The van der Waals surface area contributed by atoms with Crippen LogP contribution in [0.2, 0.25) is 0 Å². The lowest BCUT2D eigenvalue weighted by molar-refractivity contribution is -0.132. The fraction of sp³-hybridized carbons (Fsp3) is 0.192. The monoisotopic (exact) mass is 444 g/mol. The van der Waals surface area contributed by atoms with E-state index in [2.05, 4.69) is 4.98 Å². The van der Waals surface area contributed by atoms with Crippen molar-refractivity contribution in [1.29, 1.82) is 0 Å². The predicted molar refractivity (Wildman–Crippen MR) is 124 cm³/mol. The zero-order valence-electron chi connectivity index (χ0n) is 18.8. The van der Waals surface area contributed by atoms with Crippen LogP contribution in [0.15, 0.2) is 66.4 Å². The Hall–Kier alpha value is -4.13. The second-order valence-electron chi connectivity index (χ2n) is 7.78. The van der Waals surface area contributed by atoms with Crippen LogP contribution in [0.4, 0.5) is 5.69 Å². The summed E-state index contributed by atoms with van der Waals surface area (Å²) in [6, 6.07) is 14.8. The second-order valence-corrected chi connectivity index (χ2v) is 7.78. The van der Waals surface area contributed by atoms with Crippen molar-refractivity contribution in [2.75, 3.05) is 19.1 Å². The molecule has 7 heteroatoms. The number of pyridine rings is 1. The summed E-state index contributed by atoms with van der Waals surface area (Å²) >= 11 is 0. The molecule has 7 nitrogen and oxygen atoms in total. The molecule has 0 radical (unpaired) electrons. The van der Waals surface area contributed by atoms with E-state index in [4.69, 9.17) is 9.47 Å². The molecule has 2 aromatic carbocycles. The largest absolute Gasteiger partial charge is 0.507 e. The van der Waals surface area contributed by atoms with Crippen LogP contribution in [0.25, 0.3) is 5.76 Å². The quantitative estimate of drug-likeness (QED) is 0.358. The van der Waals surface area contributed by atoms with E-state index in [1.807, 2.05) is 26.0 Å². The third-order valence-corrected chi connectivity index (χ3v) is 5.69. The van der Waals surface area contributed by atoms with E-state index >= 15 is 0 Å². The molecule has 0 spiro atoms. The third kappa shape index (κ3) is 3.82. The van der Waals surface area contributed by atoms with Gasteiger partial charge >= 0.3 is 0 Å². The highest BCUT2D eigenvalue weighted by molar-refractivity contribution is 6.51. The van der Waals surface area contributed by atoms with E-state index in [0.717, 1.165) is 11.1 Å². The number of ether oxygens (including phenoxy) is 2. The fourth-order valence-electron chi connectivity index (χ4n) is 4.11. The number of anilines is 1. The van der Waals surface area contributed by atoms with Gasteiger partial charge in [-0.3, -0.25) is 19.5 Å². The van der Waals surface area contributed by atoms with E-state index in [-0.39, 0.29) is 16.9 Å². The topological polar surface area (TPSA) is 89.0 Å². The van der Waals surface area contributed by atoms with Crippen molar-refractivity contribution < 1.29 is 24.2 Å². The van der Waals surface area contributed by atoms with E-state index in [0.29, 0.717) is 22.9 Å². The Morgan fingerprint density at radius 1 is 1.00 bits per heavy atom. The van der Waals surface area contributed by atoms with Crippen molar-refractivity contribution in [3.63, 3.8) is 0 Å². The first-order valence-corrected chi connectivity index (χ1v) is 10.4. The molecule has 1 saturated heterocycles. The second kappa shape index (κ2) is 8.78. The first-order chi connectivity index (χ1) is 15.9. The van der Waals surface area contributed by atoms with Crippen LogP contribution in [-0.2, 0) is 9.59 Å². The molecule has 0 saturated carbocycles. The molecule has 1 fully saturated rings. The Morgan fingerprint density at radius 2 is 1.79 bits per heavy atom. The van der Waals surface area contributed by atoms with Crippen LogP contribution in [0.5, 0.6) is 11.5 Å². The van der Waals surface area contributed by atoms with E-state index in [9.17, 15) is 14.7 Å².